The predicted molar refractivity (Wildman–Crippen MR) is 124 cm³/mol. The molecule has 2 rings (SSSR count). The number of allylic oxidation sites excluding steroid dienone is 1. The average molecular weight is 673 g/mol. The third-order valence-electron chi connectivity index (χ3n) is 5.24. The molecular weight excluding hydrogens is 656 g/mol. The smallest absolute Gasteiger partial charge is 0.345 e. The van der Waals surface area contributed by atoms with E-state index in [9.17, 15) is 62.3 Å². The summed E-state index contributed by atoms with van der Waals surface area (Å²) < 4.78 is 157. The summed E-state index contributed by atoms with van der Waals surface area (Å²) in [5, 5.41) is 3.68. The van der Waals surface area contributed by atoms with Gasteiger partial charge in [-0.05, 0) is 64.3 Å². The summed E-state index contributed by atoms with van der Waals surface area (Å²) in [6.07, 6.45) is -19.6. The second kappa shape index (κ2) is 12.3. The standard InChI is InChI=1S/C24H17BrF12N2O2/c1-11(19(40)38-10-21(26,27)28)39-20(41)16-4-2-12(6-18(16)25)3-5-17(24(35,36)37)13-7-14(22(29,30)31)9-15(8-13)23(32,33)34/h2-9,11,17H,10H2,1H3,(H,38,40)(H,39,41)/b5-3+/t11-,17?/m1/s1. The lowest BCUT2D eigenvalue weighted by molar-refractivity contribution is -0.146. The van der Waals surface area contributed by atoms with Gasteiger partial charge in [0.1, 0.15) is 12.6 Å². The van der Waals surface area contributed by atoms with E-state index < -0.39 is 71.7 Å². The number of hydrogen-bond acceptors (Lipinski definition) is 2. The fourth-order valence-electron chi connectivity index (χ4n) is 3.27. The number of carbonyl (C=O) groups excluding carboxylic acids is 2. The highest BCUT2D eigenvalue weighted by molar-refractivity contribution is 9.10. The Kier molecular flexibility index (Phi) is 10.2. The second-order valence-electron chi connectivity index (χ2n) is 8.49. The van der Waals surface area contributed by atoms with Crippen molar-refractivity contribution in [3.05, 3.63) is 74.8 Å². The van der Waals surface area contributed by atoms with Crippen LogP contribution in [-0.2, 0) is 17.1 Å². The summed E-state index contributed by atoms with van der Waals surface area (Å²) in [7, 11) is 0. The van der Waals surface area contributed by atoms with Gasteiger partial charge in [-0.1, -0.05) is 18.2 Å². The van der Waals surface area contributed by atoms with Gasteiger partial charge in [0.25, 0.3) is 5.91 Å². The minimum Gasteiger partial charge on any atom is -0.345 e. The molecule has 0 radical (unpaired) electrons. The van der Waals surface area contributed by atoms with E-state index in [4.69, 9.17) is 0 Å². The van der Waals surface area contributed by atoms with Crippen LogP contribution in [0, 0.1) is 0 Å². The Morgan fingerprint density at radius 3 is 1.83 bits per heavy atom. The maximum atomic E-state index is 13.8. The van der Waals surface area contributed by atoms with E-state index in [0.717, 1.165) is 31.2 Å². The first kappa shape index (κ1) is 34.0. The van der Waals surface area contributed by atoms with Crippen molar-refractivity contribution in [2.75, 3.05) is 6.54 Å². The van der Waals surface area contributed by atoms with E-state index in [2.05, 4.69) is 21.2 Å². The van der Waals surface area contributed by atoms with Crippen LogP contribution in [0.4, 0.5) is 52.7 Å². The van der Waals surface area contributed by atoms with Crippen LogP contribution in [-0.4, -0.2) is 36.8 Å². The van der Waals surface area contributed by atoms with Crippen LogP contribution in [0.5, 0.6) is 0 Å². The number of halogens is 13. The minimum atomic E-state index is -5.37. The van der Waals surface area contributed by atoms with Gasteiger partial charge in [0.15, 0.2) is 0 Å². The van der Waals surface area contributed by atoms with Gasteiger partial charge in [-0.2, -0.15) is 52.7 Å². The van der Waals surface area contributed by atoms with Gasteiger partial charge < -0.3 is 10.6 Å². The molecule has 0 saturated carbocycles. The molecule has 0 aromatic heterocycles. The lowest BCUT2D eigenvalue weighted by atomic mass is 9.93. The molecule has 0 saturated heterocycles. The van der Waals surface area contributed by atoms with Crippen LogP contribution in [0.15, 0.2) is 46.9 Å². The summed E-state index contributed by atoms with van der Waals surface area (Å²) >= 11 is 2.97. The Labute approximate surface area is 231 Å². The van der Waals surface area contributed by atoms with Crippen LogP contribution >= 0.6 is 15.9 Å². The van der Waals surface area contributed by atoms with Gasteiger partial charge in [0.2, 0.25) is 5.91 Å². The lowest BCUT2D eigenvalue weighted by Gasteiger charge is -2.21. The molecule has 0 aliphatic carbocycles. The normalized spacial score (nSPS) is 14.6. The second-order valence-corrected chi connectivity index (χ2v) is 9.34. The molecule has 17 heteroatoms. The number of carbonyl (C=O) groups is 2. The average Bonchev–Trinajstić information content (AvgIpc) is 2.80. The molecule has 2 atom stereocenters. The minimum absolute atomic E-state index is 0.0346. The zero-order valence-electron chi connectivity index (χ0n) is 20.2. The van der Waals surface area contributed by atoms with Crippen molar-refractivity contribution in [3.63, 3.8) is 0 Å². The zero-order chi connectivity index (χ0) is 31.6. The number of rotatable bonds is 7. The maximum absolute atomic E-state index is 13.8. The van der Waals surface area contributed by atoms with E-state index in [1.54, 1.807) is 5.32 Å². The van der Waals surface area contributed by atoms with Gasteiger partial charge in [0, 0.05) is 4.47 Å². The van der Waals surface area contributed by atoms with Crippen molar-refractivity contribution in [3.8, 4) is 0 Å². The van der Waals surface area contributed by atoms with E-state index in [0.29, 0.717) is 6.08 Å². The molecule has 0 aliphatic rings. The Hall–Kier alpha value is -3.24. The molecule has 226 valence electrons. The summed E-state index contributed by atoms with van der Waals surface area (Å²) in [4.78, 5) is 24.1. The number of amides is 2. The van der Waals surface area contributed by atoms with E-state index in [1.165, 1.54) is 0 Å². The number of alkyl halides is 12. The number of nitrogens with one attached hydrogen (secondary N) is 2. The van der Waals surface area contributed by atoms with Crippen molar-refractivity contribution in [2.24, 2.45) is 0 Å². The molecule has 2 aromatic rings. The van der Waals surface area contributed by atoms with Gasteiger partial charge >= 0.3 is 24.7 Å². The summed E-state index contributed by atoms with van der Waals surface area (Å²) in [5.74, 6) is -5.00. The van der Waals surface area contributed by atoms with Crippen molar-refractivity contribution >= 4 is 33.8 Å². The first-order chi connectivity index (χ1) is 18.5. The maximum Gasteiger partial charge on any atom is 0.416 e. The third-order valence-corrected chi connectivity index (χ3v) is 5.90. The van der Waals surface area contributed by atoms with E-state index >= 15 is 0 Å². The molecule has 0 aliphatic heterocycles. The molecule has 4 nitrogen and oxygen atoms in total. The Balaban J connectivity index is 2.34. The number of hydrogen-bond donors (Lipinski definition) is 2. The first-order valence-electron chi connectivity index (χ1n) is 11.0. The number of benzene rings is 2. The molecule has 2 amide bonds. The lowest BCUT2D eigenvalue weighted by Crippen LogP contribution is -2.47. The van der Waals surface area contributed by atoms with Gasteiger partial charge in [-0.15, -0.1) is 0 Å². The molecular formula is C24H17BrF12N2O2. The zero-order valence-corrected chi connectivity index (χ0v) is 21.8. The summed E-state index contributed by atoms with van der Waals surface area (Å²) in [6.45, 7) is -0.558. The highest BCUT2D eigenvalue weighted by Gasteiger charge is 2.43. The van der Waals surface area contributed by atoms with Crippen LogP contribution in [0.1, 0.15) is 45.5 Å². The molecule has 2 N–H and O–H groups in total. The van der Waals surface area contributed by atoms with E-state index in [1.807, 2.05) is 0 Å². The van der Waals surface area contributed by atoms with Crippen LogP contribution < -0.4 is 10.6 Å². The fourth-order valence-corrected chi connectivity index (χ4v) is 3.85. The monoisotopic (exact) mass is 672 g/mol. The summed E-state index contributed by atoms with van der Waals surface area (Å²) in [6, 6.07) is 1.42. The van der Waals surface area contributed by atoms with E-state index in [-0.39, 0.29) is 33.8 Å². The van der Waals surface area contributed by atoms with Crippen LogP contribution in [0.2, 0.25) is 0 Å². The van der Waals surface area contributed by atoms with Crippen molar-refractivity contribution in [1.82, 2.24) is 10.6 Å². The van der Waals surface area contributed by atoms with Gasteiger partial charge in [-0.25, -0.2) is 0 Å². The Morgan fingerprint density at radius 1 is 0.854 bits per heavy atom. The Bertz CT molecular complexity index is 1270. The highest BCUT2D eigenvalue weighted by Crippen LogP contribution is 2.42. The first-order valence-corrected chi connectivity index (χ1v) is 11.8. The molecule has 0 fully saturated rings. The van der Waals surface area contributed by atoms with Crippen molar-refractivity contribution in [2.45, 2.75) is 43.6 Å². The van der Waals surface area contributed by atoms with Crippen LogP contribution in [0.25, 0.3) is 6.08 Å². The molecule has 1 unspecified atom stereocenters. The summed E-state index contributed by atoms with van der Waals surface area (Å²) in [5.41, 5.74) is -5.43. The van der Waals surface area contributed by atoms with Gasteiger partial charge in [0.05, 0.1) is 22.6 Å². The molecule has 0 heterocycles. The van der Waals surface area contributed by atoms with Crippen LogP contribution in [0.3, 0.4) is 0 Å². The quantitative estimate of drug-likeness (QED) is 0.297. The fraction of sp³-hybridized carbons (Fsp3) is 0.333. The van der Waals surface area contributed by atoms with Crippen molar-refractivity contribution < 1.29 is 62.3 Å². The molecule has 2 aromatic carbocycles. The Morgan fingerprint density at radius 2 is 1.39 bits per heavy atom. The van der Waals surface area contributed by atoms with Crippen molar-refractivity contribution in [1.29, 1.82) is 0 Å². The third kappa shape index (κ3) is 9.97. The SMILES string of the molecule is C[C@@H](NC(=O)c1ccc(/C=C/C(c2cc(C(F)(F)F)cc(C(F)(F)F)c2)C(F)(F)F)cc1Br)C(=O)NCC(F)(F)F. The molecule has 0 bridgehead atoms. The molecule has 0 spiro atoms. The van der Waals surface area contributed by atoms with Gasteiger partial charge in [-0.3, -0.25) is 9.59 Å². The topological polar surface area (TPSA) is 58.2 Å². The largest absolute Gasteiger partial charge is 0.416 e. The highest BCUT2D eigenvalue weighted by atomic mass is 79.9. The molecule has 41 heavy (non-hydrogen) atoms. The predicted octanol–water partition coefficient (Wildman–Crippen LogP) is 7.64.